The van der Waals surface area contributed by atoms with Crippen LogP contribution in [0.5, 0.6) is 5.75 Å². The monoisotopic (exact) mass is 499 g/mol. The number of benzene rings is 2. The molecule has 0 saturated heterocycles. The zero-order valence-electron chi connectivity index (χ0n) is 21.5. The van der Waals surface area contributed by atoms with Crippen molar-refractivity contribution in [2.45, 2.75) is 71.3 Å². The largest absolute Gasteiger partial charge is 0.508 e. The summed E-state index contributed by atoms with van der Waals surface area (Å²) < 4.78 is 5.24. The fourth-order valence-corrected chi connectivity index (χ4v) is 3.59. The fraction of sp³-hybridized carbons (Fsp3) is 0.444. The van der Waals surface area contributed by atoms with Crippen molar-refractivity contribution in [3.8, 4) is 5.75 Å². The van der Waals surface area contributed by atoms with Gasteiger partial charge in [0.05, 0.1) is 6.61 Å². The minimum atomic E-state index is -1.32. The summed E-state index contributed by atoms with van der Waals surface area (Å²) in [5.41, 5.74) is 0.563. The van der Waals surface area contributed by atoms with Gasteiger partial charge in [0.25, 0.3) is 0 Å². The predicted molar refractivity (Wildman–Crippen MR) is 136 cm³/mol. The van der Waals surface area contributed by atoms with Crippen molar-refractivity contribution in [1.29, 1.82) is 0 Å². The first kappa shape index (κ1) is 28.6. The lowest BCUT2D eigenvalue weighted by molar-refractivity contribution is -0.145. The molecule has 9 heteroatoms. The Morgan fingerprint density at radius 3 is 2.17 bits per heavy atom. The quantitative estimate of drug-likeness (QED) is 0.397. The standard InChI is InChI=1S/C27H37N3O6/c1-6-18(2)30(25(34)22(17-31)29-26(35)36-27(3,4)5)23(20-12-14-21(32)15-13-20)24(33)28-16-19-10-8-7-9-11-19/h7-15,18,22-23,31-32H,6,16-17H2,1-5H3,(H,28,33)(H,29,35). The Labute approximate surface area is 212 Å². The molecule has 0 aliphatic rings. The number of carbonyl (C=O) groups excluding carboxylic acids is 3. The highest BCUT2D eigenvalue weighted by Gasteiger charge is 2.38. The van der Waals surface area contributed by atoms with Crippen LogP contribution in [-0.4, -0.2) is 57.3 Å². The Morgan fingerprint density at radius 1 is 1.03 bits per heavy atom. The van der Waals surface area contributed by atoms with Gasteiger partial charge in [-0.3, -0.25) is 9.59 Å². The van der Waals surface area contributed by atoms with E-state index in [0.717, 1.165) is 5.56 Å². The molecule has 2 aromatic rings. The van der Waals surface area contributed by atoms with E-state index in [2.05, 4.69) is 10.6 Å². The van der Waals surface area contributed by atoms with Crippen LogP contribution in [0.25, 0.3) is 0 Å². The minimum Gasteiger partial charge on any atom is -0.508 e. The van der Waals surface area contributed by atoms with Gasteiger partial charge in [-0.1, -0.05) is 49.4 Å². The van der Waals surface area contributed by atoms with Gasteiger partial charge in [-0.05, 0) is 57.4 Å². The Kier molecular flexibility index (Phi) is 10.3. The summed E-state index contributed by atoms with van der Waals surface area (Å²) in [6.07, 6.45) is -0.342. The first-order chi connectivity index (χ1) is 17.0. The lowest BCUT2D eigenvalue weighted by Gasteiger charge is -2.38. The number of hydrogen-bond acceptors (Lipinski definition) is 6. The number of nitrogens with one attached hydrogen (secondary N) is 2. The SMILES string of the molecule is CCC(C)N(C(=O)C(CO)NC(=O)OC(C)(C)C)C(C(=O)NCc1ccccc1)c1ccc(O)cc1. The van der Waals surface area contributed by atoms with E-state index < -0.39 is 48.2 Å². The van der Waals surface area contributed by atoms with Crippen molar-refractivity contribution in [1.82, 2.24) is 15.5 Å². The molecule has 0 radical (unpaired) electrons. The second-order valence-electron chi connectivity index (χ2n) is 9.58. The van der Waals surface area contributed by atoms with Gasteiger partial charge in [-0.2, -0.15) is 0 Å². The summed E-state index contributed by atoms with van der Waals surface area (Å²) in [6.45, 7) is 8.28. The molecule has 0 aliphatic carbocycles. The smallest absolute Gasteiger partial charge is 0.408 e. The molecule has 0 spiro atoms. The number of aromatic hydroxyl groups is 1. The van der Waals surface area contributed by atoms with Gasteiger partial charge < -0.3 is 30.5 Å². The van der Waals surface area contributed by atoms with Crippen LogP contribution < -0.4 is 10.6 Å². The van der Waals surface area contributed by atoms with E-state index in [1.54, 1.807) is 39.8 Å². The van der Waals surface area contributed by atoms with E-state index in [4.69, 9.17) is 4.74 Å². The summed E-state index contributed by atoms with van der Waals surface area (Å²) in [5, 5.41) is 25.1. The molecular weight excluding hydrogens is 462 g/mol. The number of amides is 3. The third kappa shape index (κ3) is 8.27. The summed E-state index contributed by atoms with van der Waals surface area (Å²) >= 11 is 0. The number of phenols is 1. The van der Waals surface area contributed by atoms with Gasteiger partial charge in [0.2, 0.25) is 11.8 Å². The molecule has 0 saturated carbocycles. The normalized spacial score (nSPS) is 13.7. The third-order valence-electron chi connectivity index (χ3n) is 5.54. The number of nitrogens with zero attached hydrogens (tertiary/aromatic N) is 1. The Balaban J connectivity index is 2.41. The molecule has 3 unspecified atom stereocenters. The molecule has 0 aromatic heterocycles. The maximum absolute atomic E-state index is 13.7. The number of aliphatic hydroxyl groups excluding tert-OH is 1. The molecule has 0 heterocycles. The highest BCUT2D eigenvalue weighted by molar-refractivity contribution is 5.92. The number of carbonyl (C=O) groups is 3. The van der Waals surface area contributed by atoms with E-state index in [9.17, 15) is 24.6 Å². The number of aliphatic hydroxyl groups is 1. The number of alkyl carbamates (subject to hydrolysis) is 1. The molecule has 3 amide bonds. The fourth-order valence-electron chi connectivity index (χ4n) is 3.59. The van der Waals surface area contributed by atoms with Crippen LogP contribution in [0.3, 0.4) is 0 Å². The molecule has 196 valence electrons. The van der Waals surface area contributed by atoms with Gasteiger partial charge in [0.15, 0.2) is 0 Å². The van der Waals surface area contributed by atoms with Crippen molar-refractivity contribution in [2.75, 3.05) is 6.61 Å². The van der Waals surface area contributed by atoms with Crippen LogP contribution in [0, 0.1) is 0 Å². The van der Waals surface area contributed by atoms with Crippen molar-refractivity contribution < 1.29 is 29.3 Å². The van der Waals surface area contributed by atoms with Crippen molar-refractivity contribution in [3.05, 3.63) is 65.7 Å². The second-order valence-corrected chi connectivity index (χ2v) is 9.58. The van der Waals surface area contributed by atoms with Crippen LogP contribution in [0.4, 0.5) is 4.79 Å². The Bertz CT molecular complexity index is 1000. The van der Waals surface area contributed by atoms with Gasteiger partial charge in [0, 0.05) is 12.6 Å². The van der Waals surface area contributed by atoms with Crippen molar-refractivity contribution >= 4 is 17.9 Å². The van der Waals surface area contributed by atoms with E-state index >= 15 is 0 Å². The zero-order chi connectivity index (χ0) is 26.9. The van der Waals surface area contributed by atoms with Crippen LogP contribution >= 0.6 is 0 Å². The summed E-state index contributed by atoms with van der Waals surface area (Å²) in [5.74, 6) is -1.05. The molecule has 36 heavy (non-hydrogen) atoms. The van der Waals surface area contributed by atoms with Gasteiger partial charge >= 0.3 is 6.09 Å². The maximum Gasteiger partial charge on any atom is 0.408 e. The number of ether oxygens (including phenoxy) is 1. The molecule has 2 rings (SSSR count). The number of phenolic OH excluding ortho intramolecular Hbond substituents is 1. The second kappa shape index (κ2) is 12.9. The van der Waals surface area contributed by atoms with E-state index in [1.807, 2.05) is 37.3 Å². The van der Waals surface area contributed by atoms with E-state index in [-0.39, 0.29) is 12.3 Å². The summed E-state index contributed by atoms with van der Waals surface area (Å²) in [4.78, 5) is 41.0. The molecule has 2 aromatic carbocycles. The van der Waals surface area contributed by atoms with Crippen molar-refractivity contribution in [2.24, 2.45) is 0 Å². The van der Waals surface area contributed by atoms with Crippen LogP contribution in [0.1, 0.15) is 58.2 Å². The van der Waals surface area contributed by atoms with E-state index in [1.165, 1.54) is 17.0 Å². The molecule has 9 nitrogen and oxygen atoms in total. The Morgan fingerprint density at radius 2 is 1.64 bits per heavy atom. The number of rotatable bonds is 10. The molecule has 3 atom stereocenters. The zero-order valence-corrected chi connectivity index (χ0v) is 21.5. The topological polar surface area (TPSA) is 128 Å². The molecule has 4 N–H and O–H groups in total. The first-order valence-corrected chi connectivity index (χ1v) is 12.0. The lowest BCUT2D eigenvalue weighted by atomic mass is 9.99. The van der Waals surface area contributed by atoms with Gasteiger partial charge in [-0.25, -0.2) is 4.79 Å². The number of hydrogen-bond donors (Lipinski definition) is 4. The molecular formula is C27H37N3O6. The molecule has 0 aliphatic heterocycles. The lowest BCUT2D eigenvalue weighted by Crippen LogP contribution is -2.56. The summed E-state index contributed by atoms with van der Waals surface area (Å²) in [7, 11) is 0. The Hall–Kier alpha value is -3.59. The predicted octanol–water partition coefficient (Wildman–Crippen LogP) is 3.26. The van der Waals surface area contributed by atoms with Gasteiger partial charge in [0.1, 0.15) is 23.4 Å². The highest BCUT2D eigenvalue weighted by atomic mass is 16.6. The van der Waals surface area contributed by atoms with Crippen LogP contribution in [-0.2, 0) is 20.9 Å². The maximum atomic E-state index is 13.7. The van der Waals surface area contributed by atoms with E-state index in [0.29, 0.717) is 12.0 Å². The summed E-state index contributed by atoms with van der Waals surface area (Å²) in [6, 6.07) is 12.5. The van der Waals surface area contributed by atoms with Crippen LogP contribution in [0.15, 0.2) is 54.6 Å². The first-order valence-electron chi connectivity index (χ1n) is 12.0. The average Bonchev–Trinajstić information content (AvgIpc) is 2.83. The van der Waals surface area contributed by atoms with Crippen LogP contribution in [0.2, 0.25) is 0 Å². The molecule has 0 bridgehead atoms. The minimum absolute atomic E-state index is 0.0171. The average molecular weight is 500 g/mol. The highest BCUT2D eigenvalue weighted by Crippen LogP contribution is 2.27. The van der Waals surface area contributed by atoms with Crippen molar-refractivity contribution in [3.63, 3.8) is 0 Å². The van der Waals surface area contributed by atoms with Gasteiger partial charge in [-0.15, -0.1) is 0 Å². The third-order valence-corrected chi connectivity index (χ3v) is 5.54. The molecule has 0 fully saturated rings.